The van der Waals surface area contributed by atoms with Crippen LogP contribution in [0.4, 0.5) is 0 Å². The lowest BCUT2D eigenvalue weighted by Gasteiger charge is -2.22. The smallest absolute Gasteiger partial charge is 0.309 e. The summed E-state index contributed by atoms with van der Waals surface area (Å²) in [7, 11) is 1.65. The van der Waals surface area contributed by atoms with Crippen LogP contribution in [0.15, 0.2) is 18.2 Å². The number of carbonyl (C=O) groups is 1. The van der Waals surface area contributed by atoms with Crippen molar-refractivity contribution in [2.75, 3.05) is 7.11 Å². The van der Waals surface area contributed by atoms with Gasteiger partial charge in [0.2, 0.25) is 0 Å². The van der Waals surface area contributed by atoms with Gasteiger partial charge in [0.15, 0.2) is 0 Å². The Morgan fingerprint density at radius 1 is 1.32 bits per heavy atom. The molecule has 0 amide bonds. The molecule has 0 aliphatic carbocycles. The molecule has 1 aromatic rings. The molecule has 0 unspecified atom stereocenters. The van der Waals surface area contributed by atoms with Crippen molar-refractivity contribution in [3.8, 4) is 5.75 Å². The first-order chi connectivity index (χ1) is 8.73. The summed E-state index contributed by atoms with van der Waals surface area (Å²) in [6.45, 7) is 9.55. The lowest BCUT2D eigenvalue weighted by Crippen LogP contribution is -2.28. The zero-order chi connectivity index (χ0) is 14.6. The first-order valence-corrected chi connectivity index (χ1v) is 6.59. The van der Waals surface area contributed by atoms with Crippen LogP contribution in [-0.2, 0) is 16.0 Å². The molecule has 0 N–H and O–H groups in total. The van der Waals surface area contributed by atoms with Crippen molar-refractivity contribution in [1.29, 1.82) is 0 Å². The molecule has 0 bridgehead atoms. The molecule has 0 aliphatic heterocycles. The fourth-order valence-corrected chi connectivity index (χ4v) is 1.88. The van der Waals surface area contributed by atoms with Crippen molar-refractivity contribution in [2.45, 2.75) is 46.6 Å². The molecule has 3 nitrogen and oxygen atoms in total. The summed E-state index contributed by atoms with van der Waals surface area (Å²) in [5.41, 5.74) is 1.76. The van der Waals surface area contributed by atoms with Gasteiger partial charge in [-0.15, -0.1) is 0 Å². The van der Waals surface area contributed by atoms with E-state index >= 15 is 0 Å². The highest BCUT2D eigenvalue weighted by molar-refractivity contribution is 5.73. The largest absolute Gasteiger partial charge is 0.496 e. The molecule has 3 heteroatoms. The van der Waals surface area contributed by atoms with E-state index in [1.54, 1.807) is 7.11 Å². The van der Waals surface area contributed by atoms with Crippen molar-refractivity contribution in [2.24, 2.45) is 5.92 Å². The molecule has 0 saturated carbocycles. The number of benzene rings is 1. The van der Waals surface area contributed by atoms with Gasteiger partial charge in [-0.3, -0.25) is 4.79 Å². The molecule has 1 aromatic carbocycles. The summed E-state index contributed by atoms with van der Waals surface area (Å²) in [5.74, 6) is 0.465. The number of methoxy groups -OCH3 is 1. The summed E-state index contributed by atoms with van der Waals surface area (Å²) in [6, 6.07) is 5.99. The van der Waals surface area contributed by atoms with Gasteiger partial charge in [0, 0.05) is 0 Å². The van der Waals surface area contributed by atoms with Crippen LogP contribution < -0.4 is 4.74 Å². The summed E-state index contributed by atoms with van der Waals surface area (Å²) in [4.78, 5) is 12.0. The molecular weight excluding hydrogens is 240 g/mol. The van der Waals surface area contributed by atoms with Gasteiger partial charge in [0.25, 0.3) is 0 Å². The summed E-state index contributed by atoms with van der Waals surface area (Å²) >= 11 is 0. The highest BCUT2D eigenvalue weighted by Gasteiger charge is 2.22. The molecular formula is C16H24O3. The molecule has 0 saturated heterocycles. The van der Waals surface area contributed by atoms with E-state index in [0.717, 1.165) is 16.9 Å². The van der Waals surface area contributed by atoms with Gasteiger partial charge in [0.1, 0.15) is 11.4 Å². The molecule has 0 fully saturated rings. The minimum atomic E-state index is -0.442. The molecule has 0 aliphatic rings. The third kappa shape index (κ3) is 4.93. The van der Waals surface area contributed by atoms with Gasteiger partial charge in [-0.05, 0) is 45.7 Å². The molecule has 1 rings (SSSR count). The molecule has 0 heterocycles. The molecule has 0 spiro atoms. The highest BCUT2D eigenvalue weighted by Crippen LogP contribution is 2.24. The van der Waals surface area contributed by atoms with Crippen LogP contribution in [0.3, 0.4) is 0 Å². The van der Waals surface area contributed by atoms with E-state index < -0.39 is 5.60 Å². The third-order valence-electron chi connectivity index (χ3n) is 2.77. The summed E-state index contributed by atoms with van der Waals surface area (Å²) in [5, 5.41) is 0. The lowest BCUT2D eigenvalue weighted by atomic mass is 9.98. The minimum Gasteiger partial charge on any atom is -0.496 e. The fourth-order valence-electron chi connectivity index (χ4n) is 1.88. The van der Waals surface area contributed by atoms with Crippen molar-refractivity contribution >= 4 is 5.97 Å². The van der Waals surface area contributed by atoms with Gasteiger partial charge in [0.05, 0.1) is 13.0 Å². The van der Waals surface area contributed by atoms with Crippen molar-refractivity contribution < 1.29 is 14.3 Å². The van der Waals surface area contributed by atoms with Gasteiger partial charge < -0.3 is 9.47 Å². The Balaban J connectivity index is 2.79. The number of rotatable bonds is 4. The van der Waals surface area contributed by atoms with E-state index in [1.165, 1.54) is 0 Å². The van der Waals surface area contributed by atoms with Crippen LogP contribution in [0.5, 0.6) is 5.75 Å². The van der Waals surface area contributed by atoms with Crippen LogP contribution in [0.2, 0.25) is 0 Å². The van der Waals surface area contributed by atoms with E-state index in [9.17, 15) is 4.79 Å². The van der Waals surface area contributed by atoms with Crippen molar-refractivity contribution in [3.63, 3.8) is 0 Å². The van der Waals surface area contributed by atoms with E-state index in [2.05, 4.69) is 6.07 Å². The Hall–Kier alpha value is -1.51. The normalized spacial score (nSPS) is 12.9. The number of ether oxygens (including phenoxy) is 2. The molecule has 0 aromatic heterocycles. The topological polar surface area (TPSA) is 35.5 Å². The third-order valence-corrected chi connectivity index (χ3v) is 2.77. The van der Waals surface area contributed by atoms with Crippen LogP contribution >= 0.6 is 0 Å². The second kappa shape index (κ2) is 6.09. The lowest BCUT2D eigenvalue weighted by molar-refractivity contribution is -0.159. The molecule has 19 heavy (non-hydrogen) atoms. The van der Waals surface area contributed by atoms with E-state index in [4.69, 9.17) is 9.47 Å². The minimum absolute atomic E-state index is 0.170. The Labute approximate surface area is 115 Å². The molecule has 106 valence electrons. The number of aryl methyl sites for hydroxylation is 1. The SMILES string of the molecule is COc1ccc(C)cc1C[C@H](C)C(=O)OC(C)(C)C. The van der Waals surface area contributed by atoms with Gasteiger partial charge in [-0.1, -0.05) is 24.6 Å². The summed E-state index contributed by atoms with van der Waals surface area (Å²) in [6.07, 6.45) is 0.625. The van der Waals surface area contributed by atoms with Gasteiger partial charge >= 0.3 is 5.97 Å². The zero-order valence-electron chi connectivity index (χ0n) is 12.7. The van der Waals surface area contributed by atoms with E-state index in [-0.39, 0.29) is 11.9 Å². The van der Waals surface area contributed by atoms with E-state index in [1.807, 2.05) is 46.8 Å². The quantitative estimate of drug-likeness (QED) is 0.780. The van der Waals surface area contributed by atoms with Crippen LogP contribution in [0.1, 0.15) is 38.8 Å². The standard InChI is InChI=1S/C16H24O3/c1-11-7-8-14(18-6)13(9-11)10-12(2)15(17)19-16(3,4)5/h7-9,12H,10H2,1-6H3/t12-/m0/s1. The molecule has 0 radical (unpaired) electrons. The first-order valence-electron chi connectivity index (χ1n) is 6.59. The second-order valence-electron chi connectivity index (χ2n) is 5.95. The maximum absolute atomic E-state index is 12.0. The van der Waals surface area contributed by atoms with Crippen LogP contribution in [0.25, 0.3) is 0 Å². The maximum atomic E-state index is 12.0. The monoisotopic (exact) mass is 264 g/mol. The second-order valence-corrected chi connectivity index (χ2v) is 5.95. The van der Waals surface area contributed by atoms with Crippen molar-refractivity contribution in [1.82, 2.24) is 0 Å². The highest BCUT2D eigenvalue weighted by atomic mass is 16.6. The summed E-state index contributed by atoms with van der Waals surface area (Å²) < 4.78 is 10.7. The first kappa shape index (κ1) is 15.5. The van der Waals surface area contributed by atoms with E-state index in [0.29, 0.717) is 6.42 Å². The Kier molecular flexibility index (Phi) is 4.98. The zero-order valence-corrected chi connectivity index (χ0v) is 12.7. The number of hydrogen-bond donors (Lipinski definition) is 0. The average Bonchev–Trinajstić information content (AvgIpc) is 2.27. The Bertz CT molecular complexity index is 444. The predicted molar refractivity (Wildman–Crippen MR) is 76.4 cm³/mol. The van der Waals surface area contributed by atoms with Gasteiger partial charge in [-0.25, -0.2) is 0 Å². The molecule has 1 atom stereocenters. The van der Waals surface area contributed by atoms with Crippen LogP contribution in [-0.4, -0.2) is 18.7 Å². The maximum Gasteiger partial charge on any atom is 0.309 e. The predicted octanol–water partition coefficient (Wildman–Crippen LogP) is 3.52. The number of hydrogen-bond acceptors (Lipinski definition) is 3. The Morgan fingerprint density at radius 3 is 2.47 bits per heavy atom. The number of carbonyl (C=O) groups excluding carboxylic acids is 1. The Morgan fingerprint density at radius 2 is 1.95 bits per heavy atom. The fraction of sp³-hybridized carbons (Fsp3) is 0.562. The van der Waals surface area contributed by atoms with Crippen LogP contribution in [0, 0.1) is 12.8 Å². The van der Waals surface area contributed by atoms with Gasteiger partial charge in [-0.2, -0.15) is 0 Å². The average molecular weight is 264 g/mol. The van der Waals surface area contributed by atoms with Crippen molar-refractivity contribution in [3.05, 3.63) is 29.3 Å². The number of esters is 1.